The molecule has 48 valence electrons. The molecule has 0 aliphatic rings. The number of nitrogen functional groups attached to an aromatic ring is 1. The van der Waals surface area contributed by atoms with Gasteiger partial charge >= 0.3 is 0 Å². The van der Waals surface area contributed by atoms with Crippen molar-refractivity contribution >= 4 is 64.4 Å². The molecule has 5 heteroatoms. The van der Waals surface area contributed by atoms with Crippen LogP contribution in [0.15, 0.2) is 11.6 Å². The lowest BCUT2D eigenvalue weighted by Crippen LogP contribution is -1.77. The zero-order valence-electron chi connectivity index (χ0n) is 3.90. The highest BCUT2D eigenvalue weighted by molar-refractivity contribution is 14.0. The largest absolute Gasteiger partial charge is 0.375 e. The minimum atomic E-state index is 0. The summed E-state index contributed by atoms with van der Waals surface area (Å²) in [7, 11) is 0. The molecular formula is C3H6I2N2S. The van der Waals surface area contributed by atoms with E-state index < -0.39 is 0 Å². The molecule has 0 unspecified atom stereocenters. The molecule has 0 atom stereocenters. The Morgan fingerprint density at radius 3 is 2.25 bits per heavy atom. The molecule has 0 aromatic carbocycles. The van der Waals surface area contributed by atoms with Gasteiger partial charge in [0.25, 0.3) is 0 Å². The van der Waals surface area contributed by atoms with Crippen LogP contribution in [-0.2, 0) is 0 Å². The molecule has 1 rings (SSSR count). The number of nitrogens with two attached hydrogens (primary N) is 1. The molecule has 8 heavy (non-hydrogen) atoms. The Kier molecular flexibility index (Phi) is 8.77. The van der Waals surface area contributed by atoms with Crippen LogP contribution >= 0.6 is 59.3 Å². The van der Waals surface area contributed by atoms with Crippen LogP contribution in [0.1, 0.15) is 0 Å². The minimum Gasteiger partial charge on any atom is -0.375 e. The van der Waals surface area contributed by atoms with Crippen molar-refractivity contribution in [1.29, 1.82) is 0 Å². The third kappa shape index (κ3) is 3.84. The van der Waals surface area contributed by atoms with Crippen LogP contribution in [0.2, 0.25) is 0 Å². The molecule has 0 radical (unpaired) electrons. The highest BCUT2D eigenvalue weighted by atomic mass is 127. The number of nitrogens with zero attached hydrogens (tertiary/aromatic N) is 1. The van der Waals surface area contributed by atoms with Gasteiger partial charge < -0.3 is 5.73 Å². The standard InChI is InChI=1S/C3H4N2S.2HI/c4-3-5-1-2-6-3;;/h1-2H,(H2,4,5);2*1H. The quantitative estimate of drug-likeness (QED) is 0.722. The maximum Gasteiger partial charge on any atom is 0.179 e. The fourth-order valence-electron chi connectivity index (χ4n) is 0.234. The van der Waals surface area contributed by atoms with Gasteiger partial charge in [0, 0.05) is 11.6 Å². The number of halogens is 2. The van der Waals surface area contributed by atoms with Gasteiger partial charge in [0.15, 0.2) is 5.13 Å². The normalized spacial score (nSPS) is 6.50. The van der Waals surface area contributed by atoms with Crippen LogP contribution in [0.4, 0.5) is 5.13 Å². The summed E-state index contributed by atoms with van der Waals surface area (Å²) in [6.07, 6.45) is 1.68. The topological polar surface area (TPSA) is 38.9 Å². The van der Waals surface area contributed by atoms with Gasteiger partial charge in [-0.25, -0.2) is 4.98 Å². The van der Waals surface area contributed by atoms with Crippen LogP contribution < -0.4 is 5.73 Å². The molecule has 1 aromatic heterocycles. The van der Waals surface area contributed by atoms with Crippen molar-refractivity contribution in [3.8, 4) is 0 Å². The van der Waals surface area contributed by atoms with Crippen molar-refractivity contribution in [1.82, 2.24) is 4.98 Å². The Morgan fingerprint density at radius 1 is 1.50 bits per heavy atom. The van der Waals surface area contributed by atoms with Crippen molar-refractivity contribution in [2.45, 2.75) is 0 Å². The summed E-state index contributed by atoms with van der Waals surface area (Å²) in [5, 5.41) is 2.48. The van der Waals surface area contributed by atoms with E-state index in [0.717, 1.165) is 0 Å². The first kappa shape index (κ1) is 11.7. The zero-order valence-corrected chi connectivity index (χ0v) is 9.38. The number of thiazole rings is 1. The predicted octanol–water partition coefficient (Wildman–Crippen LogP) is 1.96. The molecule has 0 bridgehead atoms. The van der Waals surface area contributed by atoms with E-state index in [-0.39, 0.29) is 48.0 Å². The van der Waals surface area contributed by atoms with E-state index in [1.165, 1.54) is 11.3 Å². The number of anilines is 1. The first-order valence-corrected chi connectivity index (χ1v) is 2.42. The molecule has 1 aromatic rings. The lowest BCUT2D eigenvalue weighted by Gasteiger charge is -1.67. The first-order chi connectivity index (χ1) is 2.89. The molecule has 0 saturated carbocycles. The average Bonchev–Trinajstić information content (AvgIpc) is 1.86. The van der Waals surface area contributed by atoms with Gasteiger partial charge in [-0.15, -0.1) is 59.3 Å². The first-order valence-electron chi connectivity index (χ1n) is 1.54. The van der Waals surface area contributed by atoms with E-state index in [1.807, 2.05) is 5.38 Å². The summed E-state index contributed by atoms with van der Waals surface area (Å²) < 4.78 is 0. The Balaban J connectivity index is 0. The molecule has 2 N–H and O–H groups in total. The molecule has 0 aliphatic heterocycles. The van der Waals surface area contributed by atoms with E-state index in [4.69, 9.17) is 5.73 Å². The van der Waals surface area contributed by atoms with E-state index in [1.54, 1.807) is 6.20 Å². The van der Waals surface area contributed by atoms with E-state index >= 15 is 0 Å². The lowest BCUT2D eigenvalue weighted by atomic mass is 11.0. The molecule has 0 amide bonds. The fourth-order valence-corrected chi connectivity index (χ4v) is 0.617. The second-order valence-electron chi connectivity index (χ2n) is 0.870. The highest BCUT2D eigenvalue weighted by Gasteiger charge is 1.76. The summed E-state index contributed by atoms with van der Waals surface area (Å²) in [4.78, 5) is 3.71. The van der Waals surface area contributed by atoms with Crippen LogP contribution in [-0.4, -0.2) is 4.98 Å². The maximum absolute atomic E-state index is 5.19. The smallest absolute Gasteiger partial charge is 0.179 e. The van der Waals surface area contributed by atoms with Crippen LogP contribution in [0.5, 0.6) is 0 Å². The van der Waals surface area contributed by atoms with Gasteiger partial charge in [-0.3, -0.25) is 0 Å². The van der Waals surface area contributed by atoms with E-state index in [2.05, 4.69) is 4.98 Å². The van der Waals surface area contributed by atoms with Gasteiger partial charge in [0.2, 0.25) is 0 Å². The van der Waals surface area contributed by atoms with Crippen molar-refractivity contribution in [2.24, 2.45) is 0 Å². The number of hydrogen-bond donors (Lipinski definition) is 1. The fraction of sp³-hybridized carbons (Fsp3) is 0. The van der Waals surface area contributed by atoms with Crippen molar-refractivity contribution in [3.05, 3.63) is 11.6 Å². The summed E-state index contributed by atoms with van der Waals surface area (Å²) in [6, 6.07) is 0. The Bertz CT molecular complexity index is 119. The van der Waals surface area contributed by atoms with Gasteiger partial charge in [-0.05, 0) is 0 Å². The SMILES string of the molecule is I.I.Nc1nccs1. The van der Waals surface area contributed by atoms with Crippen LogP contribution in [0, 0.1) is 0 Å². The summed E-state index contributed by atoms with van der Waals surface area (Å²) in [5.41, 5.74) is 5.19. The highest BCUT2D eigenvalue weighted by Crippen LogP contribution is 2.02. The van der Waals surface area contributed by atoms with Crippen molar-refractivity contribution in [2.75, 3.05) is 5.73 Å². The van der Waals surface area contributed by atoms with Gasteiger partial charge in [-0.2, -0.15) is 0 Å². The minimum absolute atomic E-state index is 0. The second kappa shape index (κ2) is 6.02. The Hall–Kier alpha value is 0.890. The molecule has 0 saturated heterocycles. The molecule has 0 aliphatic carbocycles. The van der Waals surface area contributed by atoms with Crippen LogP contribution in [0.25, 0.3) is 0 Å². The summed E-state index contributed by atoms with van der Waals surface area (Å²) in [6.45, 7) is 0. The Morgan fingerprint density at radius 2 is 2.12 bits per heavy atom. The lowest BCUT2D eigenvalue weighted by molar-refractivity contribution is 1.43. The number of rotatable bonds is 0. The molecular weight excluding hydrogens is 350 g/mol. The molecule has 0 fully saturated rings. The maximum atomic E-state index is 5.19. The summed E-state index contributed by atoms with van der Waals surface area (Å²) in [5.74, 6) is 0. The van der Waals surface area contributed by atoms with Gasteiger partial charge in [0.1, 0.15) is 0 Å². The van der Waals surface area contributed by atoms with Gasteiger partial charge in [-0.1, -0.05) is 0 Å². The van der Waals surface area contributed by atoms with Gasteiger partial charge in [0.05, 0.1) is 0 Å². The van der Waals surface area contributed by atoms with E-state index in [9.17, 15) is 0 Å². The van der Waals surface area contributed by atoms with Crippen molar-refractivity contribution in [3.63, 3.8) is 0 Å². The average molecular weight is 356 g/mol. The number of hydrogen-bond acceptors (Lipinski definition) is 3. The molecule has 2 nitrogen and oxygen atoms in total. The van der Waals surface area contributed by atoms with Crippen LogP contribution in [0.3, 0.4) is 0 Å². The predicted molar refractivity (Wildman–Crippen MR) is 57.4 cm³/mol. The molecule has 1 heterocycles. The third-order valence-electron chi connectivity index (χ3n) is 0.451. The Labute approximate surface area is 85.9 Å². The monoisotopic (exact) mass is 356 g/mol. The second-order valence-corrected chi connectivity index (χ2v) is 1.80. The van der Waals surface area contributed by atoms with E-state index in [0.29, 0.717) is 5.13 Å². The number of aromatic nitrogens is 1. The molecule has 0 spiro atoms. The zero-order chi connectivity index (χ0) is 4.41. The third-order valence-corrected chi connectivity index (χ3v) is 1.06. The van der Waals surface area contributed by atoms with Crippen molar-refractivity contribution < 1.29 is 0 Å². The summed E-state index contributed by atoms with van der Waals surface area (Å²) >= 11 is 1.44.